The maximum Gasteiger partial charge on any atom is 0.573 e. The van der Waals surface area contributed by atoms with Crippen molar-refractivity contribution in [3.63, 3.8) is 0 Å². The number of ether oxygens (including phenoxy) is 1. The van der Waals surface area contributed by atoms with Crippen molar-refractivity contribution >= 4 is 16.9 Å². The first-order valence-electron chi connectivity index (χ1n) is 7.32. The van der Waals surface area contributed by atoms with Gasteiger partial charge in [-0.25, -0.2) is 9.67 Å². The average molecular weight is 350 g/mol. The molecule has 0 aliphatic heterocycles. The molecule has 0 unspecified atom stereocenters. The number of benzene rings is 1. The molecule has 2 N–H and O–H groups in total. The van der Waals surface area contributed by atoms with Crippen LogP contribution < -0.4 is 10.5 Å². The van der Waals surface area contributed by atoms with E-state index in [0.29, 0.717) is 34.4 Å². The normalized spacial score (nSPS) is 11.7. The molecule has 25 heavy (non-hydrogen) atoms. The average Bonchev–Trinajstić information content (AvgIpc) is 2.93. The third kappa shape index (κ3) is 3.25. The molecule has 9 heteroatoms. The highest BCUT2D eigenvalue weighted by molar-refractivity contribution is 6.05. The molecular formula is C16H13F3N4O2. The molecule has 0 fully saturated rings. The lowest BCUT2D eigenvalue weighted by atomic mass is 10.1. The van der Waals surface area contributed by atoms with Crippen LogP contribution >= 0.6 is 0 Å². The van der Waals surface area contributed by atoms with Gasteiger partial charge >= 0.3 is 6.36 Å². The number of fused-ring (bicyclic) bond motifs is 1. The monoisotopic (exact) mass is 350 g/mol. The Kier molecular flexibility index (Phi) is 4.07. The molecule has 0 saturated carbocycles. The van der Waals surface area contributed by atoms with E-state index in [1.165, 1.54) is 41.2 Å². The molecule has 0 spiro atoms. The fourth-order valence-corrected chi connectivity index (χ4v) is 2.54. The molecule has 2 heterocycles. The second-order valence-electron chi connectivity index (χ2n) is 5.18. The van der Waals surface area contributed by atoms with Crippen molar-refractivity contribution in [2.45, 2.75) is 19.7 Å². The van der Waals surface area contributed by atoms with Crippen LogP contribution in [0.15, 0.2) is 36.5 Å². The molecule has 0 saturated heterocycles. The van der Waals surface area contributed by atoms with Gasteiger partial charge in [0.2, 0.25) is 5.91 Å². The number of alkyl halides is 3. The number of halogens is 3. The summed E-state index contributed by atoms with van der Waals surface area (Å²) in [4.78, 5) is 15.9. The largest absolute Gasteiger partial charge is 0.573 e. The summed E-state index contributed by atoms with van der Waals surface area (Å²) in [7, 11) is 0. The van der Waals surface area contributed by atoms with E-state index in [-0.39, 0.29) is 5.75 Å². The summed E-state index contributed by atoms with van der Waals surface area (Å²) in [6, 6.07) is 6.72. The van der Waals surface area contributed by atoms with Crippen molar-refractivity contribution in [2.75, 3.05) is 0 Å². The highest BCUT2D eigenvalue weighted by atomic mass is 19.4. The van der Waals surface area contributed by atoms with Crippen molar-refractivity contribution in [2.24, 2.45) is 5.73 Å². The first-order chi connectivity index (χ1) is 11.8. The highest BCUT2D eigenvalue weighted by Crippen LogP contribution is 2.27. The van der Waals surface area contributed by atoms with Crippen molar-refractivity contribution in [1.29, 1.82) is 0 Å². The van der Waals surface area contributed by atoms with Crippen molar-refractivity contribution in [1.82, 2.24) is 14.8 Å². The van der Waals surface area contributed by atoms with Gasteiger partial charge in [0.25, 0.3) is 0 Å². The maximum absolute atomic E-state index is 12.2. The van der Waals surface area contributed by atoms with E-state index in [4.69, 9.17) is 5.73 Å². The van der Waals surface area contributed by atoms with Gasteiger partial charge in [0.15, 0.2) is 5.65 Å². The van der Waals surface area contributed by atoms with E-state index < -0.39 is 12.3 Å². The van der Waals surface area contributed by atoms with Crippen LogP contribution in [0.4, 0.5) is 13.2 Å². The Bertz CT molecular complexity index is 933. The van der Waals surface area contributed by atoms with Gasteiger partial charge in [-0.05, 0) is 36.8 Å². The van der Waals surface area contributed by atoms with E-state index in [1.807, 2.05) is 6.92 Å². The zero-order chi connectivity index (χ0) is 18.2. The smallest absolute Gasteiger partial charge is 0.406 e. The van der Waals surface area contributed by atoms with Crippen LogP contribution in [0.25, 0.3) is 16.7 Å². The number of nitrogens with two attached hydrogens (primary N) is 1. The Morgan fingerprint density at radius 1 is 1.24 bits per heavy atom. The van der Waals surface area contributed by atoms with Crippen molar-refractivity contribution < 1.29 is 22.7 Å². The van der Waals surface area contributed by atoms with E-state index in [0.717, 1.165) is 0 Å². The Morgan fingerprint density at radius 2 is 1.92 bits per heavy atom. The minimum Gasteiger partial charge on any atom is -0.406 e. The van der Waals surface area contributed by atoms with Crippen molar-refractivity contribution in [3.8, 4) is 11.4 Å². The summed E-state index contributed by atoms with van der Waals surface area (Å²) >= 11 is 0. The second-order valence-corrected chi connectivity index (χ2v) is 5.18. The second kappa shape index (κ2) is 6.08. The lowest BCUT2D eigenvalue weighted by Gasteiger charge is -2.09. The summed E-state index contributed by atoms with van der Waals surface area (Å²) in [5.41, 5.74) is 7.20. The Morgan fingerprint density at radius 3 is 2.48 bits per heavy atom. The standard InChI is InChI=1S/C16H13F3N4O2/c1-2-12-13-11(14(20)24)7-8-21-15(13)23(22-12)9-3-5-10(6-4-9)25-16(17,18)19/h3-8H,2H2,1H3,(H2,20,24). The van der Waals surface area contributed by atoms with Gasteiger partial charge in [0.1, 0.15) is 5.75 Å². The first-order valence-corrected chi connectivity index (χ1v) is 7.32. The number of aryl methyl sites for hydroxylation is 1. The number of hydrogen-bond donors (Lipinski definition) is 1. The third-order valence-electron chi connectivity index (χ3n) is 3.56. The number of carbonyl (C=O) groups is 1. The zero-order valence-corrected chi connectivity index (χ0v) is 13.0. The molecule has 0 bridgehead atoms. The summed E-state index contributed by atoms with van der Waals surface area (Å²) in [5, 5.41) is 4.94. The molecule has 0 aliphatic rings. The molecule has 1 amide bonds. The number of rotatable bonds is 4. The minimum atomic E-state index is -4.76. The molecule has 1 aromatic carbocycles. The van der Waals surface area contributed by atoms with E-state index >= 15 is 0 Å². The van der Waals surface area contributed by atoms with Crippen LogP contribution in [0.2, 0.25) is 0 Å². The number of carbonyl (C=O) groups excluding carboxylic acids is 1. The van der Waals surface area contributed by atoms with E-state index in [9.17, 15) is 18.0 Å². The summed E-state index contributed by atoms with van der Waals surface area (Å²) in [5.74, 6) is -0.940. The van der Waals surface area contributed by atoms with Gasteiger partial charge in [-0.2, -0.15) is 5.10 Å². The lowest BCUT2D eigenvalue weighted by Crippen LogP contribution is -2.17. The number of hydrogen-bond acceptors (Lipinski definition) is 4. The molecular weight excluding hydrogens is 337 g/mol. The third-order valence-corrected chi connectivity index (χ3v) is 3.56. The molecule has 0 atom stereocenters. The fraction of sp³-hybridized carbons (Fsp3) is 0.188. The molecule has 0 aliphatic carbocycles. The minimum absolute atomic E-state index is 0.296. The number of amides is 1. The SMILES string of the molecule is CCc1nn(-c2ccc(OC(F)(F)F)cc2)c2nccc(C(N)=O)c12. The van der Waals surface area contributed by atoms with Crippen LogP contribution in [0.5, 0.6) is 5.75 Å². The predicted octanol–water partition coefficient (Wildman–Crippen LogP) is 2.98. The fourth-order valence-electron chi connectivity index (χ4n) is 2.54. The lowest BCUT2D eigenvalue weighted by molar-refractivity contribution is -0.274. The molecule has 2 aromatic heterocycles. The molecule has 6 nitrogen and oxygen atoms in total. The number of primary amides is 1. The van der Waals surface area contributed by atoms with Gasteiger partial charge in [-0.1, -0.05) is 6.92 Å². The molecule has 3 rings (SSSR count). The molecule has 3 aromatic rings. The van der Waals surface area contributed by atoms with Gasteiger partial charge in [-0.15, -0.1) is 13.2 Å². The van der Waals surface area contributed by atoms with Gasteiger partial charge < -0.3 is 10.5 Å². The predicted molar refractivity (Wildman–Crippen MR) is 83.4 cm³/mol. The summed E-state index contributed by atoms with van der Waals surface area (Å²) in [6.07, 6.45) is -2.79. The Balaban J connectivity index is 2.10. The van der Waals surface area contributed by atoms with E-state index in [1.54, 1.807) is 0 Å². The summed E-state index contributed by atoms with van der Waals surface area (Å²) in [6.45, 7) is 1.87. The van der Waals surface area contributed by atoms with Gasteiger partial charge in [0, 0.05) is 6.20 Å². The quantitative estimate of drug-likeness (QED) is 0.784. The number of pyridine rings is 1. The Hall–Kier alpha value is -3.10. The number of aromatic nitrogens is 3. The van der Waals surface area contributed by atoms with Crippen LogP contribution in [0, 0.1) is 0 Å². The van der Waals surface area contributed by atoms with Gasteiger partial charge in [-0.3, -0.25) is 4.79 Å². The highest BCUT2D eigenvalue weighted by Gasteiger charge is 2.31. The zero-order valence-electron chi connectivity index (χ0n) is 13.0. The topological polar surface area (TPSA) is 83.0 Å². The van der Waals surface area contributed by atoms with Crippen molar-refractivity contribution in [3.05, 3.63) is 47.8 Å². The number of nitrogens with zero attached hydrogens (tertiary/aromatic N) is 3. The molecule has 0 radical (unpaired) electrons. The Labute approximate surface area is 140 Å². The first kappa shape index (κ1) is 16.7. The van der Waals surface area contributed by atoms with Crippen LogP contribution in [-0.4, -0.2) is 27.0 Å². The summed E-state index contributed by atoms with van der Waals surface area (Å²) < 4.78 is 42.1. The maximum atomic E-state index is 12.2. The van der Waals surface area contributed by atoms with Crippen LogP contribution in [-0.2, 0) is 6.42 Å². The van der Waals surface area contributed by atoms with Crippen LogP contribution in [0.1, 0.15) is 23.0 Å². The van der Waals surface area contributed by atoms with Crippen LogP contribution in [0.3, 0.4) is 0 Å². The van der Waals surface area contributed by atoms with Gasteiger partial charge in [0.05, 0.1) is 22.3 Å². The molecule has 130 valence electrons. The van der Waals surface area contributed by atoms with E-state index in [2.05, 4.69) is 14.8 Å².